The maximum Gasteiger partial charge on any atom is 0.243 e. The van der Waals surface area contributed by atoms with Crippen LogP contribution in [0.5, 0.6) is 5.75 Å². The molecule has 0 amide bonds. The molecule has 7 nitrogen and oxygen atoms in total. The predicted octanol–water partition coefficient (Wildman–Crippen LogP) is 3.29. The van der Waals surface area contributed by atoms with E-state index < -0.39 is 10.0 Å². The van der Waals surface area contributed by atoms with Crippen LogP contribution in [0.1, 0.15) is 36.1 Å². The number of benzene rings is 1. The van der Waals surface area contributed by atoms with Crippen molar-refractivity contribution in [2.45, 2.75) is 44.2 Å². The van der Waals surface area contributed by atoms with Crippen LogP contribution in [0.3, 0.4) is 0 Å². The summed E-state index contributed by atoms with van der Waals surface area (Å²) in [7, 11) is -1.82. The summed E-state index contributed by atoms with van der Waals surface area (Å²) < 4.78 is 41.1. The minimum atomic E-state index is -3.75. The van der Waals surface area contributed by atoms with Crippen molar-refractivity contribution in [1.82, 2.24) is 14.1 Å². The SMILES string of the molecule is CCOc1ccc(S(=O)(=O)N(Cc2ccco2)Cc2nn(C)c3c2CCC3)cc1. The lowest BCUT2D eigenvalue weighted by Gasteiger charge is -2.21. The van der Waals surface area contributed by atoms with E-state index in [0.717, 1.165) is 25.0 Å². The largest absolute Gasteiger partial charge is 0.494 e. The molecule has 0 radical (unpaired) electrons. The molecule has 0 N–H and O–H groups in total. The van der Waals surface area contributed by atoms with Gasteiger partial charge in [0.05, 0.1) is 36.5 Å². The molecule has 0 saturated carbocycles. The van der Waals surface area contributed by atoms with E-state index in [4.69, 9.17) is 9.15 Å². The van der Waals surface area contributed by atoms with Gasteiger partial charge in [0.25, 0.3) is 0 Å². The van der Waals surface area contributed by atoms with E-state index in [-0.39, 0.29) is 18.0 Å². The molecular formula is C21H25N3O4S. The van der Waals surface area contributed by atoms with Crippen LogP contribution < -0.4 is 4.74 Å². The average Bonchev–Trinajstić information content (AvgIpc) is 3.43. The van der Waals surface area contributed by atoms with Crippen LogP contribution in [0.25, 0.3) is 0 Å². The Kier molecular flexibility index (Phi) is 5.47. The van der Waals surface area contributed by atoms with Gasteiger partial charge in [-0.05, 0) is 68.1 Å². The smallest absolute Gasteiger partial charge is 0.243 e. The van der Waals surface area contributed by atoms with Gasteiger partial charge in [0.2, 0.25) is 10.0 Å². The number of hydrogen-bond acceptors (Lipinski definition) is 5. The van der Waals surface area contributed by atoms with Crippen molar-refractivity contribution >= 4 is 10.0 Å². The molecule has 0 saturated heterocycles. The first-order chi connectivity index (χ1) is 14.0. The Labute approximate surface area is 170 Å². The second-order valence-electron chi connectivity index (χ2n) is 7.11. The molecule has 0 spiro atoms. The molecule has 3 aromatic rings. The fraction of sp³-hybridized carbons (Fsp3) is 0.381. The number of aromatic nitrogens is 2. The van der Waals surface area contributed by atoms with Gasteiger partial charge in [-0.15, -0.1) is 0 Å². The lowest BCUT2D eigenvalue weighted by Crippen LogP contribution is -2.30. The molecule has 29 heavy (non-hydrogen) atoms. The Bertz CT molecular complexity index is 1070. The first-order valence-electron chi connectivity index (χ1n) is 9.78. The topological polar surface area (TPSA) is 77.6 Å². The summed E-state index contributed by atoms with van der Waals surface area (Å²) >= 11 is 0. The van der Waals surface area contributed by atoms with Gasteiger partial charge in [0.1, 0.15) is 11.5 Å². The monoisotopic (exact) mass is 415 g/mol. The van der Waals surface area contributed by atoms with E-state index in [9.17, 15) is 8.42 Å². The van der Waals surface area contributed by atoms with Crippen LogP contribution in [0.15, 0.2) is 52.0 Å². The second kappa shape index (κ2) is 8.04. The molecule has 1 aliphatic carbocycles. The molecule has 1 aliphatic rings. The van der Waals surface area contributed by atoms with Crippen molar-refractivity contribution in [3.63, 3.8) is 0 Å². The van der Waals surface area contributed by atoms with Crippen LogP contribution in [0.2, 0.25) is 0 Å². The normalized spacial score (nSPS) is 13.8. The molecule has 0 aliphatic heterocycles. The van der Waals surface area contributed by atoms with E-state index in [1.165, 1.54) is 15.6 Å². The van der Waals surface area contributed by atoms with Gasteiger partial charge in [0, 0.05) is 12.7 Å². The van der Waals surface area contributed by atoms with Gasteiger partial charge >= 0.3 is 0 Å². The van der Waals surface area contributed by atoms with Crippen molar-refractivity contribution in [2.75, 3.05) is 6.61 Å². The van der Waals surface area contributed by atoms with E-state index >= 15 is 0 Å². The van der Waals surface area contributed by atoms with Crippen molar-refractivity contribution in [2.24, 2.45) is 7.05 Å². The van der Waals surface area contributed by atoms with E-state index in [2.05, 4.69) is 5.10 Å². The maximum absolute atomic E-state index is 13.4. The molecular weight excluding hydrogens is 390 g/mol. The van der Waals surface area contributed by atoms with E-state index in [1.54, 1.807) is 42.7 Å². The fourth-order valence-electron chi connectivity index (χ4n) is 3.82. The number of fused-ring (bicyclic) bond motifs is 1. The van der Waals surface area contributed by atoms with Crippen LogP contribution >= 0.6 is 0 Å². The van der Waals surface area contributed by atoms with Gasteiger partial charge < -0.3 is 9.15 Å². The fourth-order valence-corrected chi connectivity index (χ4v) is 5.19. The highest BCUT2D eigenvalue weighted by atomic mass is 32.2. The van der Waals surface area contributed by atoms with E-state index in [1.807, 2.05) is 18.7 Å². The van der Waals surface area contributed by atoms with Gasteiger partial charge in [0.15, 0.2) is 0 Å². The van der Waals surface area contributed by atoms with Gasteiger partial charge in [-0.25, -0.2) is 8.42 Å². The van der Waals surface area contributed by atoms with Crippen molar-refractivity contribution in [3.05, 3.63) is 65.4 Å². The number of hydrogen-bond donors (Lipinski definition) is 0. The second-order valence-corrected chi connectivity index (χ2v) is 9.04. The highest BCUT2D eigenvalue weighted by Crippen LogP contribution is 2.28. The lowest BCUT2D eigenvalue weighted by atomic mass is 10.2. The van der Waals surface area contributed by atoms with Crippen molar-refractivity contribution in [3.8, 4) is 5.75 Å². The molecule has 2 aromatic heterocycles. The maximum atomic E-state index is 13.4. The number of nitrogens with zero attached hydrogens (tertiary/aromatic N) is 3. The highest BCUT2D eigenvalue weighted by molar-refractivity contribution is 7.89. The highest BCUT2D eigenvalue weighted by Gasteiger charge is 2.29. The Hall–Kier alpha value is -2.58. The van der Waals surface area contributed by atoms with Crippen LogP contribution in [-0.4, -0.2) is 29.1 Å². The summed E-state index contributed by atoms with van der Waals surface area (Å²) in [6.07, 6.45) is 4.56. The Morgan fingerprint density at radius 1 is 1.17 bits per heavy atom. The Morgan fingerprint density at radius 2 is 1.97 bits per heavy atom. The molecule has 154 valence electrons. The summed E-state index contributed by atoms with van der Waals surface area (Å²) in [6, 6.07) is 10.1. The van der Waals surface area contributed by atoms with Crippen LogP contribution in [0.4, 0.5) is 0 Å². The zero-order valence-electron chi connectivity index (χ0n) is 16.7. The quantitative estimate of drug-likeness (QED) is 0.564. The molecule has 0 fully saturated rings. The van der Waals surface area contributed by atoms with Crippen LogP contribution in [0, 0.1) is 0 Å². The average molecular weight is 416 g/mol. The molecule has 0 bridgehead atoms. The number of sulfonamides is 1. The first-order valence-corrected chi connectivity index (χ1v) is 11.2. The third-order valence-electron chi connectivity index (χ3n) is 5.21. The third-order valence-corrected chi connectivity index (χ3v) is 7.02. The summed E-state index contributed by atoms with van der Waals surface area (Å²) in [4.78, 5) is 0.222. The van der Waals surface area contributed by atoms with Crippen molar-refractivity contribution < 1.29 is 17.6 Å². The molecule has 1 aromatic carbocycles. The number of ether oxygens (including phenoxy) is 1. The Morgan fingerprint density at radius 3 is 2.66 bits per heavy atom. The minimum Gasteiger partial charge on any atom is -0.494 e. The first kappa shape index (κ1) is 19.7. The standard InChI is InChI=1S/C21H25N3O4S/c1-3-27-16-9-11-18(12-10-16)29(25,26)24(14-17-6-5-13-28-17)15-20-19-7-4-8-21(19)23(2)22-20/h5-6,9-13H,3-4,7-8,14-15H2,1-2H3. The summed E-state index contributed by atoms with van der Waals surface area (Å²) in [5, 5.41) is 4.61. The number of aryl methyl sites for hydroxylation is 1. The summed E-state index contributed by atoms with van der Waals surface area (Å²) in [5.41, 5.74) is 3.20. The van der Waals surface area contributed by atoms with Gasteiger partial charge in [-0.3, -0.25) is 4.68 Å². The molecule has 0 atom stereocenters. The van der Waals surface area contributed by atoms with E-state index in [0.29, 0.717) is 18.1 Å². The molecule has 4 rings (SSSR count). The molecule has 0 unspecified atom stereocenters. The predicted molar refractivity (Wildman–Crippen MR) is 108 cm³/mol. The third kappa shape index (κ3) is 3.95. The zero-order chi connectivity index (χ0) is 20.4. The van der Waals surface area contributed by atoms with Gasteiger partial charge in [-0.1, -0.05) is 0 Å². The lowest BCUT2D eigenvalue weighted by molar-refractivity contribution is 0.339. The van der Waals surface area contributed by atoms with Crippen molar-refractivity contribution in [1.29, 1.82) is 0 Å². The molecule has 8 heteroatoms. The van der Waals surface area contributed by atoms with Crippen LogP contribution in [-0.2, 0) is 43.0 Å². The Balaban J connectivity index is 1.67. The zero-order valence-corrected chi connectivity index (χ0v) is 17.5. The molecule has 2 heterocycles. The number of furan rings is 1. The minimum absolute atomic E-state index is 0.147. The summed E-state index contributed by atoms with van der Waals surface area (Å²) in [6.45, 7) is 2.77. The number of rotatable bonds is 8. The summed E-state index contributed by atoms with van der Waals surface area (Å²) in [5.74, 6) is 1.23. The van der Waals surface area contributed by atoms with Gasteiger partial charge in [-0.2, -0.15) is 9.40 Å².